The van der Waals surface area contributed by atoms with Gasteiger partial charge < -0.3 is 21.2 Å². The normalized spacial score (nSPS) is 12.2. The molecular formula is C28H28N4O3. The maximum Gasteiger partial charge on any atom is 0.250 e. The molecule has 0 aliphatic heterocycles. The third kappa shape index (κ3) is 4.53. The van der Waals surface area contributed by atoms with Gasteiger partial charge in [0.25, 0.3) is 5.91 Å². The third-order valence-electron chi connectivity index (χ3n) is 6.04. The maximum atomic E-state index is 13.4. The molecule has 0 saturated carbocycles. The van der Waals surface area contributed by atoms with E-state index >= 15 is 0 Å². The number of primary amides is 1. The fourth-order valence-electron chi connectivity index (χ4n) is 4.27. The summed E-state index contributed by atoms with van der Waals surface area (Å²) in [4.78, 5) is 29.4. The number of hydrogen-bond acceptors (Lipinski definition) is 6. The van der Waals surface area contributed by atoms with Crippen molar-refractivity contribution in [3.05, 3.63) is 92.6 Å². The van der Waals surface area contributed by atoms with E-state index in [2.05, 4.69) is 10.3 Å². The van der Waals surface area contributed by atoms with Crippen molar-refractivity contribution < 1.29 is 9.21 Å². The van der Waals surface area contributed by atoms with Crippen LogP contribution in [0.15, 0.2) is 68.8 Å². The summed E-state index contributed by atoms with van der Waals surface area (Å²) in [6.45, 7) is 5.65. The van der Waals surface area contributed by atoms with Crippen LogP contribution in [0, 0.1) is 13.8 Å². The highest BCUT2D eigenvalue weighted by atomic mass is 16.3. The molecule has 0 saturated heterocycles. The summed E-state index contributed by atoms with van der Waals surface area (Å²) in [5.41, 5.74) is 17.3. The molecule has 7 nitrogen and oxygen atoms in total. The summed E-state index contributed by atoms with van der Waals surface area (Å²) in [7, 11) is 1.67. The van der Waals surface area contributed by atoms with Crippen molar-refractivity contribution in [2.45, 2.75) is 26.8 Å². The van der Waals surface area contributed by atoms with Gasteiger partial charge in [0.1, 0.15) is 11.3 Å². The smallest absolute Gasteiger partial charge is 0.250 e. The standard InChI is InChI=1S/C28H28N4O3/c1-15-11-21(17(3)32-24-8-6-5-7-20(24)28(30)34)27-22(12-15)25(33)16(2)26(35-27)18-9-10-23(29)19(13-18)14-31-4/h5-14,17,32H,29H2,1-4H3,(H2,30,34). The number of nitrogens with one attached hydrogen (secondary N) is 1. The number of aryl methyl sites for hydroxylation is 1. The topological polar surface area (TPSA) is 124 Å². The molecule has 1 atom stereocenters. The van der Waals surface area contributed by atoms with E-state index in [1.165, 1.54) is 0 Å². The number of nitrogens with two attached hydrogens (primary N) is 2. The number of carbonyl (C=O) groups is 1. The van der Waals surface area contributed by atoms with Crippen LogP contribution in [0.3, 0.4) is 0 Å². The molecule has 1 amide bonds. The van der Waals surface area contributed by atoms with Crippen LogP contribution >= 0.6 is 0 Å². The zero-order valence-corrected chi connectivity index (χ0v) is 20.2. The Morgan fingerprint density at radius 2 is 1.86 bits per heavy atom. The minimum atomic E-state index is -0.520. The Hall–Kier alpha value is -4.39. The third-order valence-corrected chi connectivity index (χ3v) is 6.04. The van der Waals surface area contributed by atoms with Crippen LogP contribution in [-0.4, -0.2) is 19.2 Å². The molecule has 3 aromatic carbocycles. The van der Waals surface area contributed by atoms with E-state index in [0.717, 1.165) is 22.3 Å². The molecule has 0 radical (unpaired) electrons. The quantitative estimate of drug-likeness (QED) is 0.272. The number of amides is 1. The van der Waals surface area contributed by atoms with Gasteiger partial charge in [-0.1, -0.05) is 18.2 Å². The van der Waals surface area contributed by atoms with Gasteiger partial charge in [0.15, 0.2) is 5.43 Å². The van der Waals surface area contributed by atoms with Crippen molar-refractivity contribution in [2.24, 2.45) is 10.7 Å². The van der Waals surface area contributed by atoms with E-state index in [1.807, 2.05) is 44.2 Å². The number of fused-ring (bicyclic) bond motifs is 1. The van der Waals surface area contributed by atoms with Gasteiger partial charge in [-0.2, -0.15) is 0 Å². The number of benzene rings is 3. The Balaban J connectivity index is 1.90. The molecule has 0 fully saturated rings. The molecule has 1 aromatic heterocycles. The second-order valence-electron chi connectivity index (χ2n) is 8.62. The van der Waals surface area contributed by atoms with Crippen LogP contribution in [0.4, 0.5) is 11.4 Å². The van der Waals surface area contributed by atoms with Crippen molar-refractivity contribution in [3.8, 4) is 11.3 Å². The first-order valence-electron chi connectivity index (χ1n) is 11.3. The Labute approximate surface area is 203 Å². The Morgan fingerprint density at radius 3 is 2.57 bits per heavy atom. The summed E-state index contributed by atoms with van der Waals surface area (Å²) in [6, 6.07) is 16.1. The molecule has 0 aliphatic carbocycles. The number of para-hydroxylation sites is 1. The molecule has 0 bridgehead atoms. The summed E-state index contributed by atoms with van der Waals surface area (Å²) in [5, 5.41) is 3.86. The lowest BCUT2D eigenvalue weighted by Gasteiger charge is -2.20. The molecule has 1 unspecified atom stereocenters. The molecule has 0 aliphatic rings. The molecular weight excluding hydrogens is 440 g/mol. The summed E-state index contributed by atoms with van der Waals surface area (Å²) in [6.07, 6.45) is 1.67. The Kier molecular flexibility index (Phi) is 6.42. The van der Waals surface area contributed by atoms with Crippen molar-refractivity contribution >= 4 is 34.5 Å². The molecule has 35 heavy (non-hydrogen) atoms. The van der Waals surface area contributed by atoms with Gasteiger partial charge in [0, 0.05) is 46.9 Å². The van der Waals surface area contributed by atoms with Crippen LogP contribution in [0.25, 0.3) is 22.3 Å². The average Bonchev–Trinajstić information content (AvgIpc) is 2.83. The number of carbonyl (C=O) groups excluding carboxylic acids is 1. The number of rotatable bonds is 6. The predicted molar refractivity (Wildman–Crippen MR) is 142 cm³/mol. The highest BCUT2D eigenvalue weighted by Crippen LogP contribution is 2.33. The lowest BCUT2D eigenvalue weighted by Crippen LogP contribution is -2.17. The maximum absolute atomic E-state index is 13.4. The number of nitrogens with zero attached hydrogens (tertiary/aromatic N) is 1. The van der Waals surface area contributed by atoms with Crippen LogP contribution in [0.5, 0.6) is 0 Å². The number of nitrogen functional groups attached to an aromatic ring is 1. The lowest BCUT2D eigenvalue weighted by molar-refractivity contribution is 0.100. The van der Waals surface area contributed by atoms with E-state index < -0.39 is 5.91 Å². The Bertz CT molecular complexity index is 1540. The second-order valence-corrected chi connectivity index (χ2v) is 8.62. The first-order chi connectivity index (χ1) is 16.7. The number of anilines is 2. The lowest BCUT2D eigenvalue weighted by atomic mass is 9.98. The molecule has 7 heteroatoms. The molecule has 4 aromatic rings. The van der Waals surface area contributed by atoms with Gasteiger partial charge in [-0.15, -0.1) is 0 Å². The zero-order valence-electron chi connectivity index (χ0n) is 20.2. The Morgan fingerprint density at radius 1 is 1.11 bits per heavy atom. The van der Waals surface area contributed by atoms with Crippen LogP contribution < -0.4 is 22.2 Å². The number of hydrogen-bond donors (Lipinski definition) is 3. The zero-order chi connectivity index (χ0) is 25.3. The highest BCUT2D eigenvalue weighted by molar-refractivity contribution is 5.98. The monoisotopic (exact) mass is 468 g/mol. The fourth-order valence-corrected chi connectivity index (χ4v) is 4.27. The second kappa shape index (κ2) is 9.46. The first-order valence-corrected chi connectivity index (χ1v) is 11.3. The summed E-state index contributed by atoms with van der Waals surface area (Å²) < 4.78 is 6.44. The van der Waals surface area contributed by atoms with Gasteiger partial charge in [0.2, 0.25) is 0 Å². The van der Waals surface area contributed by atoms with Crippen molar-refractivity contribution in [2.75, 3.05) is 18.1 Å². The predicted octanol–water partition coefficient (Wildman–Crippen LogP) is 4.98. The number of aliphatic imine (C=N–C) groups is 1. The molecule has 178 valence electrons. The van der Waals surface area contributed by atoms with Crippen LogP contribution in [0.1, 0.15) is 45.6 Å². The van der Waals surface area contributed by atoms with Crippen LogP contribution in [0.2, 0.25) is 0 Å². The highest BCUT2D eigenvalue weighted by Gasteiger charge is 2.20. The largest absolute Gasteiger partial charge is 0.455 e. The molecule has 4 rings (SSSR count). The van der Waals surface area contributed by atoms with E-state index in [0.29, 0.717) is 39.2 Å². The molecule has 5 N–H and O–H groups in total. The summed E-state index contributed by atoms with van der Waals surface area (Å²) >= 11 is 0. The minimum Gasteiger partial charge on any atom is -0.455 e. The van der Waals surface area contributed by atoms with E-state index in [4.69, 9.17) is 15.9 Å². The minimum absolute atomic E-state index is 0.0986. The van der Waals surface area contributed by atoms with Gasteiger partial charge in [-0.05, 0) is 62.7 Å². The van der Waals surface area contributed by atoms with Gasteiger partial charge in [0.05, 0.1) is 17.0 Å². The SMILES string of the molecule is CN=Cc1cc(-c2oc3c(C(C)Nc4ccccc4C(N)=O)cc(C)cc3c(=O)c2C)ccc1N. The summed E-state index contributed by atoms with van der Waals surface area (Å²) in [5.74, 6) is -0.0447. The first kappa shape index (κ1) is 23.8. The average molecular weight is 469 g/mol. The molecule has 0 spiro atoms. The van der Waals surface area contributed by atoms with Crippen molar-refractivity contribution in [1.29, 1.82) is 0 Å². The van der Waals surface area contributed by atoms with Gasteiger partial charge >= 0.3 is 0 Å². The van der Waals surface area contributed by atoms with Gasteiger partial charge in [-0.3, -0.25) is 14.6 Å². The van der Waals surface area contributed by atoms with Crippen molar-refractivity contribution in [1.82, 2.24) is 0 Å². The van der Waals surface area contributed by atoms with E-state index in [9.17, 15) is 9.59 Å². The molecule has 1 heterocycles. The van der Waals surface area contributed by atoms with Crippen LogP contribution in [-0.2, 0) is 0 Å². The fraction of sp³-hybridized carbons (Fsp3) is 0.179. The van der Waals surface area contributed by atoms with E-state index in [1.54, 1.807) is 44.5 Å². The van der Waals surface area contributed by atoms with Crippen molar-refractivity contribution in [3.63, 3.8) is 0 Å². The van der Waals surface area contributed by atoms with E-state index in [-0.39, 0.29) is 11.5 Å². The van der Waals surface area contributed by atoms with Gasteiger partial charge in [-0.25, -0.2) is 0 Å².